The van der Waals surface area contributed by atoms with Gasteiger partial charge in [0.2, 0.25) is 5.54 Å². The molecular weight excluding hydrogens is 324 g/mol. The Kier molecular flexibility index (Phi) is 5.00. The highest BCUT2D eigenvalue weighted by molar-refractivity contribution is 7.78. The van der Waals surface area contributed by atoms with Crippen LogP contribution in [0.1, 0.15) is 66.2 Å². The van der Waals surface area contributed by atoms with Gasteiger partial charge in [0.25, 0.3) is 0 Å². The fourth-order valence-corrected chi connectivity index (χ4v) is 6.92. The zero-order valence-corrected chi connectivity index (χ0v) is 17.0. The largest absolute Gasteiger partial charge is 0.310 e. The van der Waals surface area contributed by atoms with Gasteiger partial charge in [0.15, 0.2) is 0 Å². The lowest BCUT2D eigenvalue weighted by Gasteiger charge is -2.58. The number of hydrogen-bond donors (Lipinski definition) is 0. The molecule has 3 aliphatic rings. The Labute approximate surface area is 159 Å². The molecule has 0 amide bonds. The van der Waals surface area contributed by atoms with Gasteiger partial charge in [-0.25, -0.2) is 11.6 Å². The number of thiocarbonyl (C=S) groups is 1. The predicted octanol–water partition coefficient (Wildman–Crippen LogP) is 6.20. The maximum absolute atomic E-state index is 8.12. The summed E-state index contributed by atoms with van der Waals surface area (Å²) in [5.74, 6) is 3.46. The van der Waals surface area contributed by atoms with E-state index in [1.165, 1.54) is 24.8 Å². The fourth-order valence-electron chi connectivity index (χ4n) is 6.67. The zero-order valence-electron chi connectivity index (χ0n) is 16.2. The summed E-state index contributed by atoms with van der Waals surface area (Å²) in [5, 5.41) is 2.60. The second kappa shape index (κ2) is 6.64. The number of nitrogens with zero attached hydrogens (tertiary/aromatic N) is 2. The zero-order chi connectivity index (χ0) is 18.4. The highest BCUT2D eigenvalue weighted by Gasteiger charge is 2.64. The molecule has 0 aromatic rings. The minimum Gasteiger partial charge on any atom is -0.310 e. The first-order valence-electron chi connectivity index (χ1n) is 9.91. The van der Waals surface area contributed by atoms with Crippen LogP contribution < -0.4 is 0 Å². The van der Waals surface area contributed by atoms with Crippen LogP contribution in [0.2, 0.25) is 0 Å². The lowest BCUT2D eigenvalue weighted by molar-refractivity contribution is -0.0546. The van der Waals surface area contributed by atoms with Crippen LogP contribution in [0.15, 0.2) is 17.1 Å². The van der Waals surface area contributed by atoms with Crippen LogP contribution in [0.5, 0.6) is 0 Å². The normalized spacial score (nSPS) is 43.6. The van der Waals surface area contributed by atoms with Crippen LogP contribution in [-0.4, -0.2) is 16.2 Å². The van der Waals surface area contributed by atoms with Crippen molar-refractivity contribution < 1.29 is 0 Å². The second-order valence-electron chi connectivity index (χ2n) is 9.65. The van der Waals surface area contributed by atoms with Gasteiger partial charge in [-0.3, -0.25) is 0 Å². The highest BCUT2D eigenvalue weighted by atomic mass is 32.1. The summed E-state index contributed by atoms with van der Waals surface area (Å²) >= 11 is 4.87. The van der Waals surface area contributed by atoms with Gasteiger partial charge in [-0.15, -0.1) is 0 Å². The van der Waals surface area contributed by atoms with E-state index in [-0.39, 0.29) is 11.1 Å². The van der Waals surface area contributed by atoms with Crippen LogP contribution in [0.25, 0.3) is 4.85 Å². The molecule has 0 spiro atoms. The molecule has 0 aromatic heterocycles. The molecule has 25 heavy (non-hydrogen) atoms. The standard InChI is InChI=1S/C22H32N2S/c1-14-9-10-22(23-6)16(3)7-8-18-15(2)11-17(19(14)20(18)22)12-21(4,5)24-13-25/h15-20H,1,7-12H2,2-5H3/t15-,16-,17-,18+,19-,20-,22-/m0/s1. The van der Waals surface area contributed by atoms with Gasteiger partial charge in [-0.05, 0) is 81.8 Å². The summed E-state index contributed by atoms with van der Waals surface area (Å²) in [4.78, 5) is 8.79. The van der Waals surface area contributed by atoms with Crippen LogP contribution in [-0.2, 0) is 0 Å². The van der Waals surface area contributed by atoms with Crippen molar-refractivity contribution in [1.29, 1.82) is 0 Å². The molecule has 0 heterocycles. The fraction of sp³-hybridized carbons (Fsp3) is 0.818. The molecule has 7 atom stereocenters. The van der Waals surface area contributed by atoms with Gasteiger partial charge in [0, 0.05) is 18.3 Å². The Hall–Kier alpha value is -0.970. The average molecular weight is 357 g/mol. The van der Waals surface area contributed by atoms with E-state index < -0.39 is 0 Å². The molecule has 0 radical (unpaired) electrons. The van der Waals surface area contributed by atoms with Crippen molar-refractivity contribution >= 4 is 17.4 Å². The van der Waals surface area contributed by atoms with E-state index in [0.29, 0.717) is 35.5 Å². The van der Waals surface area contributed by atoms with Gasteiger partial charge >= 0.3 is 0 Å². The number of rotatable bonds is 3. The molecule has 3 heteroatoms. The van der Waals surface area contributed by atoms with Crippen molar-refractivity contribution in [2.45, 2.75) is 77.3 Å². The van der Waals surface area contributed by atoms with Gasteiger partial charge in [0.1, 0.15) is 0 Å². The lowest BCUT2D eigenvalue weighted by Crippen LogP contribution is -2.59. The maximum Gasteiger partial charge on any atom is 0.239 e. The highest BCUT2D eigenvalue weighted by Crippen LogP contribution is 2.63. The van der Waals surface area contributed by atoms with Crippen molar-refractivity contribution in [2.75, 3.05) is 0 Å². The molecular formula is C22H32N2S. The molecule has 0 unspecified atom stereocenters. The summed E-state index contributed by atoms with van der Waals surface area (Å²) in [5.41, 5.74) is 1.08. The minimum absolute atomic E-state index is 0.154. The molecule has 0 bridgehead atoms. The average Bonchev–Trinajstić information content (AvgIpc) is 2.54. The number of isothiocyanates is 1. The smallest absolute Gasteiger partial charge is 0.239 e. The summed E-state index contributed by atoms with van der Waals surface area (Å²) in [7, 11) is 0. The Bertz CT molecular complexity index is 639. The van der Waals surface area contributed by atoms with Gasteiger partial charge in [-0.2, -0.15) is 0 Å². The van der Waals surface area contributed by atoms with Gasteiger partial charge in [0.05, 0.1) is 10.7 Å². The Morgan fingerprint density at radius 3 is 2.76 bits per heavy atom. The maximum atomic E-state index is 8.12. The molecule has 0 N–H and O–H groups in total. The predicted molar refractivity (Wildman–Crippen MR) is 108 cm³/mol. The monoisotopic (exact) mass is 356 g/mol. The van der Waals surface area contributed by atoms with Gasteiger partial charge in [-0.1, -0.05) is 26.0 Å². The summed E-state index contributed by atoms with van der Waals surface area (Å²) in [6, 6.07) is 0. The topological polar surface area (TPSA) is 16.7 Å². The molecule has 0 aromatic carbocycles. The van der Waals surface area contributed by atoms with Crippen LogP contribution in [0.4, 0.5) is 0 Å². The third-order valence-corrected chi connectivity index (χ3v) is 7.85. The van der Waals surface area contributed by atoms with Crippen LogP contribution in [0.3, 0.4) is 0 Å². The summed E-state index contributed by atoms with van der Waals surface area (Å²) < 4.78 is 0. The van der Waals surface area contributed by atoms with E-state index in [2.05, 4.69) is 49.3 Å². The van der Waals surface area contributed by atoms with E-state index in [1.54, 1.807) is 0 Å². The Balaban J connectivity index is 2.01. The van der Waals surface area contributed by atoms with Crippen LogP contribution >= 0.6 is 12.2 Å². The van der Waals surface area contributed by atoms with Crippen molar-refractivity contribution in [3.63, 3.8) is 0 Å². The molecule has 0 saturated heterocycles. The SMILES string of the molecule is [C-]#[N+][C@@]12CCC(=C)[C@H]3[C@H](CC(C)(C)N=C=S)C[C@H](C)[C@@H](CC[C@@H]1C)[C@@H]32. The third kappa shape index (κ3) is 3.02. The van der Waals surface area contributed by atoms with Gasteiger partial charge < -0.3 is 4.85 Å². The van der Waals surface area contributed by atoms with E-state index in [4.69, 9.17) is 18.8 Å². The van der Waals surface area contributed by atoms with E-state index in [9.17, 15) is 0 Å². The molecule has 136 valence electrons. The summed E-state index contributed by atoms with van der Waals surface area (Å²) in [6.45, 7) is 21.7. The first-order chi connectivity index (χ1) is 11.8. The van der Waals surface area contributed by atoms with E-state index in [1.807, 2.05) is 0 Å². The minimum atomic E-state index is -0.169. The molecule has 0 aliphatic heterocycles. The summed E-state index contributed by atoms with van der Waals surface area (Å²) in [6.07, 6.45) is 6.83. The molecule has 3 saturated carbocycles. The van der Waals surface area contributed by atoms with Crippen molar-refractivity contribution in [3.05, 3.63) is 23.6 Å². The van der Waals surface area contributed by atoms with Crippen molar-refractivity contribution in [1.82, 2.24) is 0 Å². The number of aliphatic imine (C=N–C) groups is 1. The number of allylic oxidation sites excluding steroid dienone is 1. The third-order valence-electron chi connectivity index (χ3n) is 7.76. The quantitative estimate of drug-likeness (QED) is 0.254. The number of hydrogen-bond acceptors (Lipinski definition) is 2. The van der Waals surface area contributed by atoms with Crippen LogP contribution in [0, 0.1) is 42.1 Å². The van der Waals surface area contributed by atoms with E-state index in [0.717, 1.165) is 19.3 Å². The lowest BCUT2D eigenvalue weighted by atomic mass is 9.45. The van der Waals surface area contributed by atoms with Crippen molar-refractivity contribution in [3.8, 4) is 0 Å². The van der Waals surface area contributed by atoms with E-state index >= 15 is 0 Å². The van der Waals surface area contributed by atoms with Crippen molar-refractivity contribution in [2.24, 2.45) is 40.5 Å². The molecule has 3 rings (SSSR count). The Morgan fingerprint density at radius 2 is 2.12 bits per heavy atom. The second-order valence-corrected chi connectivity index (χ2v) is 9.83. The first-order valence-corrected chi connectivity index (χ1v) is 10.3. The first kappa shape index (κ1) is 18.8. The molecule has 3 fully saturated rings. The molecule has 2 nitrogen and oxygen atoms in total. The molecule has 3 aliphatic carbocycles. The Morgan fingerprint density at radius 1 is 1.40 bits per heavy atom.